The van der Waals surface area contributed by atoms with Crippen molar-refractivity contribution in [1.29, 1.82) is 0 Å². The van der Waals surface area contributed by atoms with Crippen LogP contribution in [0, 0.1) is 0 Å². The minimum Gasteiger partial charge on any atom is -0.269 e. The molecule has 1 heterocycles. The molecule has 0 aliphatic carbocycles. The van der Waals surface area contributed by atoms with E-state index in [9.17, 15) is 4.79 Å². The Morgan fingerprint density at radius 2 is 1.64 bits per heavy atom. The second kappa shape index (κ2) is 6.28. The van der Waals surface area contributed by atoms with Gasteiger partial charge in [-0.3, -0.25) is 4.79 Å². The van der Waals surface area contributed by atoms with Crippen LogP contribution in [-0.2, 0) is 4.79 Å². The summed E-state index contributed by atoms with van der Waals surface area (Å²) in [7, 11) is 0. The van der Waals surface area contributed by atoms with Crippen LogP contribution >= 0.6 is 0 Å². The number of carbonyl (C=O) groups excluding carboxylic acids is 1. The number of benzene rings is 3. The fourth-order valence-corrected chi connectivity index (χ4v) is 2.81. The Kier molecular flexibility index (Phi) is 3.82. The van der Waals surface area contributed by atoms with E-state index in [1.54, 1.807) is 6.92 Å². The highest BCUT2D eigenvalue weighted by atomic mass is 16.2. The van der Waals surface area contributed by atoms with Gasteiger partial charge < -0.3 is 0 Å². The van der Waals surface area contributed by atoms with Crippen LogP contribution in [-0.4, -0.2) is 17.7 Å². The third-order valence-corrected chi connectivity index (χ3v) is 4.12. The Morgan fingerprint density at radius 1 is 0.920 bits per heavy atom. The van der Waals surface area contributed by atoms with Crippen LogP contribution in [0.15, 0.2) is 88.1 Å². The number of nitrogens with zero attached hydrogens (tertiary/aromatic N) is 4. The first-order chi connectivity index (χ1) is 12.2. The van der Waals surface area contributed by atoms with E-state index in [4.69, 9.17) is 0 Å². The van der Waals surface area contributed by atoms with Gasteiger partial charge >= 0.3 is 0 Å². The average molecular weight is 328 g/mol. The van der Waals surface area contributed by atoms with E-state index in [1.807, 2.05) is 72.8 Å². The number of anilines is 1. The summed E-state index contributed by atoms with van der Waals surface area (Å²) in [6, 6.07) is 22.6. The van der Waals surface area contributed by atoms with Crippen molar-refractivity contribution in [3.63, 3.8) is 0 Å². The average Bonchev–Trinajstić information content (AvgIpc) is 2.94. The SMILES string of the molecule is CC1=NN(c2ccccc2)C(=O)C1N=Nc1ccc2ccccc2c1. The molecule has 0 saturated heterocycles. The molecule has 5 nitrogen and oxygen atoms in total. The summed E-state index contributed by atoms with van der Waals surface area (Å²) in [4.78, 5) is 12.6. The van der Waals surface area contributed by atoms with Crippen molar-refractivity contribution in [3.8, 4) is 0 Å². The van der Waals surface area contributed by atoms with Gasteiger partial charge in [0.25, 0.3) is 5.91 Å². The molecule has 0 aromatic heterocycles. The molecule has 3 aromatic rings. The van der Waals surface area contributed by atoms with Crippen LogP contribution < -0.4 is 5.01 Å². The predicted molar refractivity (Wildman–Crippen MR) is 99.3 cm³/mol. The second-order valence-corrected chi connectivity index (χ2v) is 5.88. The fraction of sp³-hybridized carbons (Fsp3) is 0.100. The van der Waals surface area contributed by atoms with Gasteiger partial charge in [-0.2, -0.15) is 20.3 Å². The Hall–Kier alpha value is -3.34. The smallest absolute Gasteiger partial charge is 0.269 e. The molecule has 4 rings (SSSR count). The van der Waals surface area contributed by atoms with Crippen LogP contribution in [0.1, 0.15) is 6.92 Å². The minimum absolute atomic E-state index is 0.187. The Balaban J connectivity index is 1.58. The Labute approximate surface area is 145 Å². The van der Waals surface area contributed by atoms with E-state index in [0.717, 1.165) is 22.1 Å². The van der Waals surface area contributed by atoms with E-state index in [-0.39, 0.29) is 5.91 Å². The first kappa shape index (κ1) is 15.2. The first-order valence-corrected chi connectivity index (χ1v) is 8.06. The van der Waals surface area contributed by atoms with E-state index < -0.39 is 6.04 Å². The largest absolute Gasteiger partial charge is 0.280 e. The summed E-state index contributed by atoms with van der Waals surface area (Å²) < 4.78 is 0. The van der Waals surface area contributed by atoms with Gasteiger partial charge in [-0.15, -0.1) is 0 Å². The summed E-state index contributed by atoms with van der Waals surface area (Å²) in [5.41, 5.74) is 2.09. The molecular weight excluding hydrogens is 312 g/mol. The maximum Gasteiger partial charge on any atom is 0.280 e. The summed E-state index contributed by atoms with van der Waals surface area (Å²) in [5, 5.41) is 16.5. The maximum atomic E-state index is 12.6. The summed E-state index contributed by atoms with van der Waals surface area (Å²) in [5.74, 6) is -0.187. The van der Waals surface area contributed by atoms with Crippen LogP contribution in [0.25, 0.3) is 10.8 Å². The normalized spacial score (nSPS) is 17.5. The molecule has 0 bridgehead atoms. The predicted octanol–water partition coefficient (Wildman–Crippen LogP) is 4.71. The molecular formula is C20H16N4O. The number of azo groups is 1. The van der Waals surface area contributed by atoms with Crippen molar-refractivity contribution in [3.05, 3.63) is 72.8 Å². The molecule has 122 valence electrons. The van der Waals surface area contributed by atoms with Gasteiger partial charge in [0.2, 0.25) is 0 Å². The quantitative estimate of drug-likeness (QED) is 0.642. The highest BCUT2D eigenvalue weighted by Gasteiger charge is 2.34. The number of carbonyl (C=O) groups is 1. The van der Waals surface area contributed by atoms with Gasteiger partial charge in [-0.05, 0) is 42.0 Å². The number of para-hydroxylation sites is 1. The van der Waals surface area contributed by atoms with E-state index >= 15 is 0 Å². The van der Waals surface area contributed by atoms with Crippen molar-refractivity contribution in [2.24, 2.45) is 15.3 Å². The van der Waals surface area contributed by atoms with Gasteiger partial charge in [-0.1, -0.05) is 48.5 Å². The number of amides is 1. The zero-order valence-electron chi connectivity index (χ0n) is 13.7. The topological polar surface area (TPSA) is 57.4 Å². The van der Waals surface area contributed by atoms with Crippen LogP contribution in [0.4, 0.5) is 11.4 Å². The molecule has 0 fully saturated rings. The summed E-state index contributed by atoms with van der Waals surface area (Å²) in [6.07, 6.45) is 0. The third-order valence-electron chi connectivity index (χ3n) is 4.12. The highest BCUT2D eigenvalue weighted by molar-refractivity contribution is 6.18. The van der Waals surface area contributed by atoms with Gasteiger partial charge in [0, 0.05) is 0 Å². The van der Waals surface area contributed by atoms with Crippen LogP contribution in [0.2, 0.25) is 0 Å². The second-order valence-electron chi connectivity index (χ2n) is 5.88. The zero-order chi connectivity index (χ0) is 17.2. The van der Waals surface area contributed by atoms with Crippen molar-refractivity contribution in [2.45, 2.75) is 13.0 Å². The molecule has 5 heteroatoms. The molecule has 25 heavy (non-hydrogen) atoms. The molecule has 0 spiro atoms. The molecule has 0 saturated carbocycles. The lowest BCUT2D eigenvalue weighted by Crippen LogP contribution is -2.29. The van der Waals surface area contributed by atoms with Crippen molar-refractivity contribution >= 4 is 33.8 Å². The van der Waals surface area contributed by atoms with Crippen molar-refractivity contribution < 1.29 is 4.79 Å². The molecule has 1 aliphatic heterocycles. The number of fused-ring (bicyclic) bond motifs is 1. The van der Waals surface area contributed by atoms with E-state index in [2.05, 4.69) is 15.3 Å². The lowest BCUT2D eigenvalue weighted by atomic mass is 10.1. The number of rotatable bonds is 3. The van der Waals surface area contributed by atoms with Gasteiger partial charge in [0.15, 0.2) is 6.04 Å². The highest BCUT2D eigenvalue weighted by Crippen LogP contribution is 2.25. The van der Waals surface area contributed by atoms with E-state index in [1.165, 1.54) is 5.01 Å². The monoisotopic (exact) mass is 328 g/mol. The lowest BCUT2D eigenvalue weighted by Gasteiger charge is -2.11. The number of hydrogen-bond acceptors (Lipinski definition) is 4. The summed E-state index contributed by atoms with van der Waals surface area (Å²) >= 11 is 0. The van der Waals surface area contributed by atoms with Gasteiger partial charge in [0.1, 0.15) is 0 Å². The first-order valence-electron chi connectivity index (χ1n) is 8.06. The Bertz CT molecular complexity index is 995. The van der Waals surface area contributed by atoms with Crippen LogP contribution in [0.5, 0.6) is 0 Å². The molecule has 0 N–H and O–H groups in total. The Morgan fingerprint density at radius 3 is 2.44 bits per heavy atom. The van der Waals surface area contributed by atoms with Gasteiger partial charge in [-0.25, -0.2) is 0 Å². The molecule has 3 aromatic carbocycles. The number of hydrazone groups is 1. The third kappa shape index (κ3) is 2.92. The number of hydrogen-bond donors (Lipinski definition) is 0. The standard InChI is InChI=1S/C20H16N4O/c1-14-19(20(25)24(23-14)18-9-3-2-4-10-18)22-21-17-12-11-15-7-5-6-8-16(15)13-17/h2-13,19H,1H3. The molecule has 1 amide bonds. The van der Waals surface area contributed by atoms with Crippen LogP contribution in [0.3, 0.4) is 0 Å². The van der Waals surface area contributed by atoms with Crippen molar-refractivity contribution in [1.82, 2.24) is 0 Å². The molecule has 0 radical (unpaired) electrons. The maximum absolute atomic E-state index is 12.6. The fourth-order valence-electron chi connectivity index (χ4n) is 2.81. The molecule has 1 aliphatic rings. The van der Waals surface area contributed by atoms with Crippen molar-refractivity contribution in [2.75, 3.05) is 5.01 Å². The molecule has 1 atom stereocenters. The minimum atomic E-state index is -0.674. The zero-order valence-corrected chi connectivity index (χ0v) is 13.7. The lowest BCUT2D eigenvalue weighted by molar-refractivity contribution is -0.117. The van der Waals surface area contributed by atoms with E-state index in [0.29, 0.717) is 5.71 Å². The molecule has 1 unspecified atom stereocenters. The van der Waals surface area contributed by atoms with Gasteiger partial charge in [0.05, 0.1) is 17.1 Å². The summed E-state index contributed by atoms with van der Waals surface area (Å²) in [6.45, 7) is 1.80.